The molecule has 0 saturated carbocycles. The normalized spacial score (nSPS) is 16.6. The average molecular weight is 384 g/mol. The molecule has 0 radical (unpaired) electrons. The molecule has 1 aromatic heterocycles. The molecule has 7 heteroatoms. The van der Waals surface area contributed by atoms with E-state index in [1.165, 1.54) is 0 Å². The van der Waals surface area contributed by atoms with Gasteiger partial charge in [0.25, 0.3) is 0 Å². The Hall–Kier alpha value is -2.80. The smallest absolute Gasteiger partial charge is 0.319 e. The van der Waals surface area contributed by atoms with Crippen LogP contribution in [0, 0.1) is 0 Å². The van der Waals surface area contributed by atoms with Crippen molar-refractivity contribution in [2.24, 2.45) is 0 Å². The number of amides is 3. The summed E-state index contributed by atoms with van der Waals surface area (Å²) < 4.78 is 5.39. The van der Waals surface area contributed by atoms with Crippen LogP contribution in [0.5, 0.6) is 0 Å². The van der Waals surface area contributed by atoms with Gasteiger partial charge in [0.05, 0.1) is 6.26 Å². The molecule has 0 bridgehead atoms. The summed E-state index contributed by atoms with van der Waals surface area (Å²) >= 11 is 0. The van der Waals surface area contributed by atoms with E-state index in [1.54, 1.807) is 6.26 Å². The van der Waals surface area contributed by atoms with Crippen molar-refractivity contribution in [3.8, 4) is 11.3 Å². The van der Waals surface area contributed by atoms with Crippen LogP contribution in [-0.4, -0.2) is 61.5 Å². The van der Waals surface area contributed by atoms with Gasteiger partial charge >= 0.3 is 6.03 Å². The summed E-state index contributed by atoms with van der Waals surface area (Å²) in [5, 5.41) is 5.74. The molecule has 1 fully saturated rings. The van der Waals surface area contributed by atoms with E-state index in [4.69, 9.17) is 4.42 Å². The second-order valence-corrected chi connectivity index (χ2v) is 7.31. The maximum Gasteiger partial charge on any atom is 0.319 e. The molecule has 1 atom stereocenters. The van der Waals surface area contributed by atoms with Gasteiger partial charge in [0.15, 0.2) is 0 Å². The van der Waals surface area contributed by atoms with E-state index in [1.807, 2.05) is 55.4 Å². The van der Waals surface area contributed by atoms with E-state index in [9.17, 15) is 9.59 Å². The first-order chi connectivity index (χ1) is 13.5. The molecule has 2 N–H and O–H groups in total. The molecule has 1 aliphatic heterocycles. The van der Waals surface area contributed by atoms with Crippen molar-refractivity contribution in [1.82, 2.24) is 15.1 Å². The number of likely N-dealkylation sites (N-methyl/N-ethyl adjacent to an activating group) is 1. The Morgan fingerprint density at radius 3 is 2.89 bits per heavy atom. The van der Waals surface area contributed by atoms with E-state index in [2.05, 4.69) is 15.5 Å². The number of benzene rings is 1. The van der Waals surface area contributed by atoms with Gasteiger partial charge in [-0.2, -0.15) is 0 Å². The summed E-state index contributed by atoms with van der Waals surface area (Å²) in [5.41, 5.74) is 1.61. The van der Waals surface area contributed by atoms with Gasteiger partial charge in [-0.3, -0.25) is 4.79 Å². The van der Waals surface area contributed by atoms with Crippen molar-refractivity contribution in [3.63, 3.8) is 0 Å². The van der Waals surface area contributed by atoms with Gasteiger partial charge in [0.2, 0.25) is 5.91 Å². The monoisotopic (exact) mass is 384 g/mol. The van der Waals surface area contributed by atoms with Crippen molar-refractivity contribution < 1.29 is 14.0 Å². The van der Waals surface area contributed by atoms with E-state index >= 15 is 0 Å². The quantitative estimate of drug-likeness (QED) is 0.733. The lowest BCUT2D eigenvalue weighted by atomic mass is 10.1. The SMILES string of the molecule is CN(C)CCN1C(=O)CCC1CCNC(=O)Nc1cccc(-c2ccco2)c1. The van der Waals surface area contributed by atoms with Gasteiger partial charge < -0.3 is 24.9 Å². The Morgan fingerprint density at radius 2 is 2.14 bits per heavy atom. The lowest BCUT2D eigenvalue weighted by Gasteiger charge is -2.26. The zero-order valence-electron chi connectivity index (χ0n) is 16.5. The van der Waals surface area contributed by atoms with Crippen LogP contribution >= 0.6 is 0 Å². The summed E-state index contributed by atoms with van der Waals surface area (Å²) in [5.74, 6) is 0.971. The Balaban J connectivity index is 1.46. The number of anilines is 1. The van der Waals surface area contributed by atoms with Gasteiger partial charge in [-0.25, -0.2) is 4.79 Å². The first kappa shape index (κ1) is 19.9. The molecule has 1 aliphatic rings. The van der Waals surface area contributed by atoms with Gasteiger partial charge in [-0.1, -0.05) is 12.1 Å². The zero-order valence-corrected chi connectivity index (χ0v) is 16.5. The van der Waals surface area contributed by atoms with Crippen LogP contribution in [0.4, 0.5) is 10.5 Å². The van der Waals surface area contributed by atoms with Crippen LogP contribution in [0.15, 0.2) is 47.1 Å². The molecule has 0 spiro atoms. The third-order valence-electron chi connectivity index (χ3n) is 4.93. The molecule has 7 nitrogen and oxygen atoms in total. The fourth-order valence-electron chi connectivity index (χ4n) is 3.43. The number of likely N-dealkylation sites (tertiary alicyclic amines) is 1. The molecule has 2 aromatic rings. The molecular formula is C21H28N4O3. The Labute approximate surface area is 165 Å². The molecule has 1 saturated heterocycles. The highest BCUT2D eigenvalue weighted by Crippen LogP contribution is 2.23. The Kier molecular flexibility index (Phi) is 6.71. The molecule has 3 amide bonds. The van der Waals surface area contributed by atoms with Crippen molar-refractivity contribution in [2.45, 2.75) is 25.3 Å². The topological polar surface area (TPSA) is 77.8 Å². The number of hydrogen-bond donors (Lipinski definition) is 2. The minimum absolute atomic E-state index is 0.204. The van der Waals surface area contributed by atoms with Crippen molar-refractivity contribution in [2.75, 3.05) is 39.0 Å². The highest BCUT2D eigenvalue weighted by molar-refractivity contribution is 5.90. The number of carbonyl (C=O) groups is 2. The third-order valence-corrected chi connectivity index (χ3v) is 4.93. The van der Waals surface area contributed by atoms with Crippen LogP contribution in [0.25, 0.3) is 11.3 Å². The van der Waals surface area contributed by atoms with E-state index < -0.39 is 0 Å². The molecule has 1 unspecified atom stereocenters. The summed E-state index contributed by atoms with van der Waals surface area (Å²) in [4.78, 5) is 28.3. The lowest BCUT2D eigenvalue weighted by molar-refractivity contribution is -0.129. The second kappa shape index (κ2) is 9.41. The van der Waals surface area contributed by atoms with E-state index in [-0.39, 0.29) is 18.0 Å². The number of nitrogens with one attached hydrogen (secondary N) is 2. The minimum Gasteiger partial charge on any atom is -0.464 e. The minimum atomic E-state index is -0.249. The molecule has 1 aromatic carbocycles. The van der Waals surface area contributed by atoms with Crippen molar-refractivity contribution >= 4 is 17.6 Å². The molecular weight excluding hydrogens is 356 g/mol. The first-order valence-corrected chi connectivity index (χ1v) is 9.66. The number of furan rings is 1. The van der Waals surface area contributed by atoms with Gasteiger partial charge in [0, 0.05) is 43.3 Å². The van der Waals surface area contributed by atoms with E-state index in [0.717, 1.165) is 37.3 Å². The summed E-state index contributed by atoms with van der Waals surface area (Å²) in [7, 11) is 4.00. The first-order valence-electron chi connectivity index (χ1n) is 9.66. The molecule has 150 valence electrons. The second-order valence-electron chi connectivity index (χ2n) is 7.31. The fraction of sp³-hybridized carbons (Fsp3) is 0.429. The number of rotatable bonds is 8. The molecule has 2 heterocycles. The highest BCUT2D eigenvalue weighted by atomic mass is 16.3. The average Bonchev–Trinajstić information content (AvgIpc) is 3.31. The predicted molar refractivity (Wildman–Crippen MR) is 109 cm³/mol. The number of carbonyl (C=O) groups excluding carboxylic acids is 2. The van der Waals surface area contributed by atoms with Gasteiger partial charge in [-0.15, -0.1) is 0 Å². The molecule has 28 heavy (non-hydrogen) atoms. The molecule has 3 rings (SSSR count). The van der Waals surface area contributed by atoms with E-state index in [0.29, 0.717) is 18.7 Å². The maximum atomic E-state index is 12.2. The predicted octanol–water partition coefficient (Wildman–Crippen LogP) is 3.01. The van der Waals surface area contributed by atoms with Crippen LogP contribution in [0.2, 0.25) is 0 Å². The number of nitrogens with zero attached hydrogens (tertiary/aromatic N) is 2. The standard InChI is InChI=1S/C21H28N4O3/c1-24(2)12-13-25-18(8-9-20(25)26)10-11-22-21(27)23-17-6-3-5-16(15-17)19-7-4-14-28-19/h3-7,14-15,18H,8-13H2,1-2H3,(H2,22,23,27). The Morgan fingerprint density at radius 1 is 1.29 bits per heavy atom. The summed E-state index contributed by atoms with van der Waals surface area (Å²) in [6.07, 6.45) is 3.85. The van der Waals surface area contributed by atoms with Crippen LogP contribution < -0.4 is 10.6 Å². The fourth-order valence-corrected chi connectivity index (χ4v) is 3.43. The zero-order chi connectivity index (χ0) is 19.9. The largest absolute Gasteiger partial charge is 0.464 e. The lowest BCUT2D eigenvalue weighted by Crippen LogP contribution is -2.40. The summed E-state index contributed by atoms with van der Waals surface area (Å²) in [6.45, 7) is 2.12. The van der Waals surface area contributed by atoms with Crippen molar-refractivity contribution in [3.05, 3.63) is 42.7 Å². The van der Waals surface area contributed by atoms with Crippen LogP contribution in [-0.2, 0) is 4.79 Å². The van der Waals surface area contributed by atoms with Crippen molar-refractivity contribution in [1.29, 1.82) is 0 Å². The number of hydrogen-bond acceptors (Lipinski definition) is 4. The highest BCUT2D eigenvalue weighted by Gasteiger charge is 2.30. The van der Waals surface area contributed by atoms with Gasteiger partial charge in [0.1, 0.15) is 5.76 Å². The third kappa shape index (κ3) is 5.36. The van der Waals surface area contributed by atoms with Crippen LogP contribution in [0.3, 0.4) is 0 Å². The van der Waals surface area contributed by atoms with Crippen LogP contribution in [0.1, 0.15) is 19.3 Å². The maximum absolute atomic E-state index is 12.2. The Bertz CT molecular complexity index is 789. The number of urea groups is 1. The van der Waals surface area contributed by atoms with Gasteiger partial charge in [-0.05, 0) is 51.2 Å². The molecule has 0 aliphatic carbocycles. The summed E-state index contributed by atoms with van der Waals surface area (Å²) in [6, 6.07) is 11.2.